The first-order chi connectivity index (χ1) is 10.3. The summed E-state index contributed by atoms with van der Waals surface area (Å²) in [6.07, 6.45) is 0.684. The quantitative estimate of drug-likeness (QED) is 0.701. The second-order valence-electron chi connectivity index (χ2n) is 6.45. The summed E-state index contributed by atoms with van der Waals surface area (Å²) in [4.78, 5) is 24.8. The van der Waals surface area contributed by atoms with Crippen molar-refractivity contribution in [3.05, 3.63) is 35.9 Å². The molecule has 0 aliphatic carbocycles. The van der Waals surface area contributed by atoms with Gasteiger partial charge in [0, 0.05) is 31.7 Å². The lowest BCUT2D eigenvalue weighted by Crippen LogP contribution is -3.12. The number of hydrogen-bond acceptors (Lipinski definition) is 2. The number of likely N-dealkylation sites (tertiary alicyclic amines) is 1. The van der Waals surface area contributed by atoms with Crippen LogP contribution in [-0.2, 0) is 9.59 Å². The summed E-state index contributed by atoms with van der Waals surface area (Å²) in [5, 5.41) is 6.02. The molecule has 2 rings (SSSR count). The molecule has 1 aromatic rings. The first-order valence-corrected chi connectivity index (χ1v) is 7.79. The third-order valence-corrected chi connectivity index (χ3v) is 4.59. The second kappa shape index (κ2) is 6.48. The van der Waals surface area contributed by atoms with Gasteiger partial charge in [-0.2, -0.15) is 0 Å². The van der Waals surface area contributed by atoms with Crippen LogP contribution in [0.3, 0.4) is 0 Å². The van der Waals surface area contributed by atoms with Crippen LogP contribution in [-0.4, -0.2) is 31.1 Å². The van der Waals surface area contributed by atoms with Crippen molar-refractivity contribution in [1.29, 1.82) is 0 Å². The lowest BCUT2D eigenvalue weighted by molar-refractivity contribution is -0.923. The summed E-state index contributed by atoms with van der Waals surface area (Å²) in [5.74, 6) is -0.0841. The fourth-order valence-corrected chi connectivity index (χ4v) is 3.59. The van der Waals surface area contributed by atoms with Gasteiger partial charge in [-0.15, -0.1) is 0 Å². The van der Waals surface area contributed by atoms with Crippen molar-refractivity contribution in [1.82, 2.24) is 10.6 Å². The Labute approximate surface area is 132 Å². The van der Waals surface area contributed by atoms with Crippen LogP contribution in [0.15, 0.2) is 30.3 Å². The fourth-order valence-electron chi connectivity index (χ4n) is 3.59. The fraction of sp³-hybridized carbons (Fsp3) is 0.529. The average Bonchev–Trinajstić information content (AvgIpc) is 2.42. The number of rotatable bonds is 3. The maximum absolute atomic E-state index is 11.7. The highest BCUT2D eigenvalue weighted by Crippen LogP contribution is 2.29. The molecule has 1 aliphatic rings. The zero-order valence-electron chi connectivity index (χ0n) is 13.8. The molecule has 1 heterocycles. The van der Waals surface area contributed by atoms with Crippen LogP contribution in [0.4, 0.5) is 0 Å². The molecule has 22 heavy (non-hydrogen) atoms. The van der Waals surface area contributed by atoms with E-state index in [1.165, 1.54) is 24.3 Å². The minimum atomic E-state index is -0.683. The van der Waals surface area contributed by atoms with Gasteiger partial charge in [0.1, 0.15) is 11.7 Å². The van der Waals surface area contributed by atoms with Crippen molar-refractivity contribution in [2.24, 2.45) is 5.92 Å². The zero-order valence-corrected chi connectivity index (χ0v) is 13.8. The molecule has 5 nitrogen and oxygen atoms in total. The van der Waals surface area contributed by atoms with E-state index in [2.05, 4.69) is 36.7 Å². The topological polar surface area (TPSA) is 62.6 Å². The van der Waals surface area contributed by atoms with Gasteiger partial charge in [0.05, 0.1) is 13.6 Å². The summed E-state index contributed by atoms with van der Waals surface area (Å²) >= 11 is 0. The molecule has 1 aliphatic heterocycles. The van der Waals surface area contributed by atoms with E-state index in [0.717, 1.165) is 6.54 Å². The number of amides is 2. The maximum atomic E-state index is 11.7. The van der Waals surface area contributed by atoms with E-state index in [1.54, 1.807) is 0 Å². The van der Waals surface area contributed by atoms with Gasteiger partial charge in [0.2, 0.25) is 11.8 Å². The molecule has 1 fully saturated rings. The number of benzene rings is 1. The second-order valence-corrected chi connectivity index (χ2v) is 6.45. The summed E-state index contributed by atoms with van der Waals surface area (Å²) in [5.41, 5.74) is 0.546. The third-order valence-electron chi connectivity index (χ3n) is 4.59. The SMILES string of the molecule is CC(=O)NC1(NC(C)=O)C[C@@H](c2ccccc2)[NH+](C)C[C@@H]1C. The van der Waals surface area contributed by atoms with E-state index < -0.39 is 5.66 Å². The number of carbonyl (C=O) groups excluding carboxylic acids is 2. The maximum Gasteiger partial charge on any atom is 0.218 e. The van der Waals surface area contributed by atoms with Crippen molar-refractivity contribution in [3.63, 3.8) is 0 Å². The predicted molar refractivity (Wildman–Crippen MR) is 85.1 cm³/mol. The Morgan fingerprint density at radius 3 is 2.18 bits per heavy atom. The van der Waals surface area contributed by atoms with E-state index >= 15 is 0 Å². The Morgan fingerprint density at radius 1 is 1.14 bits per heavy atom. The van der Waals surface area contributed by atoms with Gasteiger partial charge in [-0.1, -0.05) is 37.3 Å². The van der Waals surface area contributed by atoms with Gasteiger partial charge in [0.25, 0.3) is 0 Å². The predicted octanol–water partition coefficient (Wildman–Crippen LogP) is 0.251. The minimum absolute atomic E-state index is 0.119. The molecule has 0 aromatic heterocycles. The van der Waals surface area contributed by atoms with Crippen molar-refractivity contribution in [2.75, 3.05) is 13.6 Å². The monoisotopic (exact) mass is 304 g/mol. The molecule has 3 N–H and O–H groups in total. The number of carbonyl (C=O) groups is 2. The van der Waals surface area contributed by atoms with Crippen LogP contribution in [0.1, 0.15) is 38.8 Å². The number of hydrogen-bond donors (Lipinski definition) is 3. The summed E-state index contributed by atoms with van der Waals surface area (Å²) < 4.78 is 0. The molecule has 0 saturated carbocycles. The molecule has 1 saturated heterocycles. The number of piperidine rings is 1. The Hall–Kier alpha value is -1.88. The van der Waals surface area contributed by atoms with Gasteiger partial charge in [-0.05, 0) is 0 Å². The highest BCUT2D eigenvalue weighted by Gasteiger charge is 2.48. The van der Waals surface area contributed by atoms with Crippen LogP contribution in [0.2, 0.25) is 0 Å². The van der Waals surface area contributed by atoms with E-state index in [9.17, 15) is 9.59 Å². The van der Waals surface area contributed by atoms with E-state index in [-0.39, 0.29) is 23.8 Å². The van der Waals surface area contributed by atoms with Crippen molar-refractivity contribution in [2.45, 2.75) is 38.9 Å². The molecule has 0 bridgehead atoms. The summed E-state index contributed by atoms with van der Waals surface area (Å²) in [6.45, 7) is 5.95. The van der Waals surface area contributed by atoms with Crippen molar-refractivity contribution < 1.29 is 14.5 Å². The van der Waals surface area contributed by atoms with Crippen LogP contribution < -0.4 is 15.5 Å². The lowest BCUT2D eigenvalue weighted by Gasteiger charge is -2.48. The van der Waals surface area contributed by atoms with E-state index in [0.29, 0.717) is 6.42 Å². The normalized spacial score (nSPS) is 27.0. The standard InChI is InChI=1S/C17H25N3O2/c1-12-11-20(4)16(15-8-6-5-7-9-15)10-17(12,18-13(2)21)19-14(3)22/h5-9,12,16H,10-11H2,1-4H3,(H,18,21)(H,19,22)/p+1/t12-,16-/m0/s1. The van der Waals surface area contributed by atoms with Crippen LogP contribution in [0.25, 0.3) is 0 Å². The Balaban J connectivity index is 2.35. The molecule has 2 amide bonds. The Morgan fingerprint density at radius 2 is 1.68 bits per heavy atom. The Bertz CT molecular complexity index is 528. The molecular weight excluding hydrogens is 278 g/mol. The van der Waals surface area contributed by atoms with Crippen molar-refractivity contribution in [3.8, 4) is 0 Å². The first-order valence-electron chi connectivity index (χ1n) is 7.79. The lowest BCUT2D eigenvalue weighted by atomic mass is 9.80. The highest BCUT2D eigenvalue weighted by atomic mass is 16.2. The third kappa shape index (κ3) is 3.47. The van der Waals surface area contributed by atoms with Gasteiger partial charge >= 0.3 is 0 Å². The van der Waals surface area contributed by atoms with Gasteiger partial charge in [0.15, 0.2) is 0 Å². The van der Waals surface area contributed by atoms with E-state index in [4.69, 9.17) is 0 Å². The largest absolute Gasteiger partial charge is 0.333 e. The van der Waals surface area contributed by atoms with Gasteiger partial charge < -0.3 is 15.5 Å². The molecule has 0 radical (unpaired) electrons. The average molecular weight is 304 g/mol. The van der Waals surface area contributed by atoms with Gasteiger partial charge in [-0.3, -0.25) is 9.59 Å². The molecule has 5 heteroatoms. The molecule has 120 valence electrons. The minimum Gasteiger partial charge on any atom is -0.333 e. The highest BCUT2D eigenvalue weighted by molar-refractivity contribution is 5.77. The molecular formula is C17H26N3O2+. The van der Waals surface area contributed by atoms with Crippen molar-refractivity contribution >= 4 is 11.8 Å². The summed E-state index contributed by atoms with van der Waals surface area (Å²) in [7, 11) is 2.17. The molecule has 3 atom stereocenters. The smallest absolute Gasteiger partial charge is 0.218 e. The first kappa shape index (κ1) is 16.5. The number of nitrogens with one attached hydrogen (secondary N) is 3. The zero-order chi connectivity index (χ0) is 16.3. The van der Waals surface area contributed by atoms with Crippen LogP contribution in [0.5, 0.6) is 0 Å². The number of quaternary nitrogens is 1. The molecule has 0 spiro atoms. The molecule has 1 unspecified atom stereocenters. The Kier molecular flexibility index (Phi) is 4.86. The molecule has 1 aromatic carbocycles. The van der Waals surface area contributed by atoms with Crippen LogP contribution in [0, 0.1) is 5.92 Å². The van der Waals surface area contributed by atoms with Crippen LogP contribution >= 0.6 is 0 Å². The van der Waals surface area contributed by atoms with E-state index in [1.807, 2.05) is 18.2 Å². The van der Waals surface area contributed by atoms with Gasteiger partial charge in [-0.25, -0.2) is 0 Å². The summed E-state index contributed by atoms with van der Waals surface area (Å²) in [6, 6.07) is 10.5.